The summed E-state index contributed by atoms with van der Waals surface area (Å²) in [4.78, 5) is 0. The van der Waals surface area contributed by atoms with E-state index in [1.807, 2.05) is 0 Å². The molecule has 0 aliphatic carbocycles. The van der Waals surface area contributed by atoms with Crippen molar-refractivity contribution in [1.29, 1.82) is 0 Å². The Morgan fingerprint density at radius 2 is 1.25 bits per heavy atom. The Morgan fingerprint density at radius 1 is 0.700 bits per heavy atom. The lowest BCUT2D eigenvalue weighted by Crippen LogP contribution is -2.08. The summed E-state index contributed by atoms with van der Waals surface area (Å²) < 4.78 is 0. The summed E-state index contributed by atoms with van der Waals surface area (Å²) in [7, 11) is 0. The highest BCUT2D eigenvalue weighted by Gasteiger charge is 2.13. The summed E-state index contributed by atoms with van der Waals surface area (Å²) in [6.45, 7) is 14.3. The summed E-state index contributed by atoms with van der Waals surface area (Å²) in [5.74, 6) is 1.83. The Balaban J connectivity index is 3.28. The van der Waals surface area contributed by atoms with Gasteiger partial charge in [0.1, 0.15) is 0 Å². The van der Waals surface area contributed by atoms with E-state index < -0.39 is 0 Å². The SMILES string of the molecule is CCC(C)(C)CCCCCCCCC(C)CCC(C)C. The second-order valence-corrected chi connectivity index (χ2v) is 8.25. The van der Waals surface area contributed by atoms with Gasteiger partial charge in [-0.1, -0.05) is 106 Å². The van der Waals surface area contributed by atoms with Gasteiger partial charge in [0, 0.05) is 0 Å². The molecule has 0 heteroatoms. The molecule has 0 amide bonds. The van der Waals surface area contributed by atoms with E-state index in [1.54, 1.807) is 0 Å². The van der Waals surface area contributed by atoms with Gasteiger partial charge in [-0.15, -0.1) is 0 Å². The second-order valence-electron chi connectivity index (χ2n) is 8.25. The van der Waals surface area contributed by atoms with Crippen LogP contribution < -0.4 is 0 Å². The fourth-order valence-electron chi connectivity index (χ4n) is 2.74. The summed E-state index contributed by atoms with van der Waals surface area (Å²) in [6, 6.07) is 0. The van der Waals surface area contributed by atoms with Crippen LogP contribution in [-0.4, -0.2) is 0 Å². The van der Waals surface area contributed by atoms with Gasteiger partial charge in [-0.3, -0.25) is 0 Å². The van der Waals surface area contributed by atoms with Gasteiger partial charge in [0.05, 0.1) is 0 Å². The quantitative estimate of drug-likeness (QED) is 0.305. The van der Waals surface area contributed by atoms with Gasteiger partial charge in [0.2, 0.25) is 0 Å². The third-order valence-corrected chi connectivity index (χ3v) is 4.99. The van der Waals surface area contributed by atoms with Crippen molar-refractivity contribution in [3.8, 4) is 0 Å². The Kier molecular flexibility index (Phi) is 11.6. The Hall–Kier alpha value is 0. The van der Waals surface area contributed by atoms with Gasteiger partial charge >= 0.3 is 0 Å². The smallest absolute Gasteiger partial charge is 0.0357 e. The molecule has 0 aliphatic heterocycles. The minimum Gasteiger partial charge on any atom is -0.0649 e. The first-order valence-electron chi connectivity index (χ1n) is 9.37. The van der Waals surface area contributed by atoms with Gasteiger partial charge < -0.3 is 0 Å². The van der Waals surface area contributed by atoms with Gasteiger partial charge in [0.25, 0.3) is 0 Å². The van der Waals surface area contributed by atoms with Crippen molar-refractivity contribution in [3.63, 3.8) is 0 Å². The number of hydrogen-bond acceptors (Lipinski definition) is 0. The lowest BCUT2D eigenvalue weighted by Gasteiger charge is -2.22. The normalized spacial score (nSPS) is 13.9. The van der Waals surface area contributed by atoms with Gasteiger partial charge in [0.15, 0.2) is 0 Å². The maximum absolute atomic E-state index is 2.44. The lowest BCUT2D eigenvalue weighted by molar-refractivity contribution is 0.307. The molecule has 0 heterocycles. The molecule has 0 aliphatic rings. The molecule has 0 nitrogen and oxygen atoms in total. The summed E-state index contributed by atoms with van der Waals surface area (Å²) in [5, 5.41) is 0. The maximum Gasteiger partial charge on any atom is -0.0357 e. The number of unbranched alkanes of at least 4 members (excludes halogenated alkanes) is 5. The molecular weight excluding hydrogens is 240 g/mol. The zero-order valence-corrected chi connectivity index (χ0v) is 15.4. The molecule has 20 heavy (non-hydrogen) atoms. The number of rotatable bonds is 13. The van der Waals surface area contributed by atoms with Gasteiger partial charge in [-0.25, -0.2) is 0 Å². The molecule has 0 bridgehead atoms. The average molecular weight is 283 g/mol. The highest BCUT2D eigenvalue weighted by molar-refractivity contribution is 4.66. The molecule has 0 aromatic rings. The first-order chi connectivity index (χ1) is 9.37. The zero-order chi connectivity index (χ0) is 15.4. The van der Waals surface area contributed by atoms with E-state index in [0.717, 1.165) is 11.8 Å². The van der Waals surface area contributed by atoms with E-state index in [2.05, 4.69) is 41.5 Å². The van der Waals surface area contributed by atoms with Crippen molar-refractivity contribution < 1.29 is 0 Å². The third-order valence-electron chi connectivity index (χ3n) is 4.99. The fraction of sp³-hybridized carbons (Fsp3) is 1.00. The predicted octanol–water partition coefficient (Wildman–Crippen LogP) is 7.62. The van der Waals surface area contributed by atoms with E-state index >= 15 is 0 Å². The molecule has 122 valence electrons. The summed E-state index contributed by atoms with van der Waals surface area (Å²) in [6.07, 6.45) is 15.8. The monoisotopic (exact) mass is 282 g/mol. The molecule has 1 atom stereocenters. The summed E-state index contributed by atoms with van der Waals surface area (Å²) >= 11 is 0. The molecule has 0 saturated carbocycles. The first-order valence-corrected chi connectivity index (χ1v) is 9.37. The van der Waals surface area contributed by atoms with Crippen LogP contribution >= 0.6 is 0 Å². The topological polar surface area (TPSA) is 0 Å². The first kappa shape index (κ1) is 20.0. The van der Waals surface area contributed by atoms with Crippen molar-refractivity contribution in [2.45, 2.75) is 112 Å². The van der Waals surface area contributed by atoms with Gasteiger partial charge in [-0.2, -0.15) is 0 Å². The average Bonchev–Trinajstić information content (AvgIpc) is 2.39. The van der Waals surface area contributed by atoms with Crippen LogP contribution in [0, 0.1) is 17.3 Å². The van der Waals surface area contributed by atoms with Crippen molar-refractivity contribution in [2.75, 3.05) is 0 Å². The summed E-state index contributed by atoms with van der Waals surface area (Å²) in [5.41, 5.74) is 0.575. The molecule has 0 fully saturated rings. The molecule has 0 radical (unpaired) electrons. The van der Waals surface area contributed by atoms with Crippen LogP contribution in [0.25, 0.3) is 0 Å². The Labute approximate surface area is 130 Å². The van der Waals surface area contributed by atoms with Crippen LogP contribution in [0.1, 0.15) is 112 Å². The molecule has 0 N–H and O–H groups in total. The predicted molar refractivity (Wildman–Crippen MR) is 94.2 cm³/mol. The van der Waals surface area contributed by atoms with Crippen LogP contribution in [0.5, 0.6) is 0 Å². The van der Waals surface area contributed by atoms with Crippen molar-refractivity contribution >= 4 is 0 Å². The number of hydrogen-bond donors (Lipinski definition) is 0. The Morgan fingerprint density at radius 3 is 1.80 bits per heavy atom. The molecule has 0 spiro atoms. The standard InChI is InChI=1S/C20H42/c1-7-20(5,6)17-13-11-9-8-10-12-14-19(4)16-15-18(2)3/h18-19H,7-17H2,1-6H3. The van der Waals surface area contributed by atoms with Crippen molar-refractivity contribution in [2.24, 2.45) is 17.3 Å². The molecule has 0 rings (SSSR count). The minimum absolute atomic E-state index is 0.575. The molecule has 0 aromatic carbocycles. The molecular formula is C20H42. The lowest BCUT2D eigenvalue weighted by atomic mass is 9.84. The van der Waals surface area contributed by atoms with Crippen LogP contribution in [0.4, 0.5) is 0 Å². The highest BCUT2D eigenvalue weighted by atomic mass is 14.2. The molecule has 0 saturated heterocycles. The Bertz CT molecular complexity index is 202. The van der Waals surface area contributed by atoms with E-state index in [-0.39, 0.29) is 0 Å². The van der Waals surface area contributed by atoms with Crippen molar-refractivity contribution in [1.82, 2.24) is 0 Å². The fourth-order valence-corrected chi connectivity index (χ4v) is 2.74. The van der Waals surface area contributed by atoms with E-state index in [1.165, 1.54) is 70.6 Å². The maximum atomic E-state index is 2.44. The van der Waals surface area contributed by atoms with Crippen molar-refractivity contribution in [3.05, 3.63) is 0 Å². The van der Waals surface area contributed by atoms with Crippen LogP contribution in [0.15, 0.2) is 0 Å². The zero-order valence-electron chi connectivity index (χ0n) is 15.4. The van der Waals surface area contributed by atoms with E-state index in [9.17, 15) is 0 Å². The third kappa shape index (κ3) is 13.0. The second kappa shape index (κ2) is 11.6. The largest absolute Gasteiger partial charge is 0.0649 e. The molecule has 0 aromatic heterocycles. The van der Waals surface area contributed by atoms with E-state index in [4.69, 9.17) is 0 Å². The molecule has 1 unspecified atom stereocenters. The van der Waals surface area contributed by atoms with Crippen LogP contribution in [0.3, 0.4) is 0 Å². The highest BCUT2D eigenvalue weighted by Crippen LogP contribution is 2.27. The van der Waals surface area contributed by atoms with E-state index in [0.29, 0.717) is 5.41 Å². The van der Waals surface area contributed by atoms with Crippen LogP contribution in [0.2, 0.25) is 0 Å². The van der Waals surface area contributed by atoms with Gasteiger partial charge in [-0.05, 0) is 23.7 Å². The minimum atomic E-state index is 0.575. The van der Waals surface area contributed by atoms with Crippen LogP contribution in [-0.2, 0) is 0 Å².